The van der Waals surface area contributed by atoms with E-state index in [1.54, 1.807) is 12.1 Å². The summed E-state index contributed by atoms with van der Waals surface area (Å²) in [5, 5.41) is 3.47. The monoisotopic (exact) mass is 193 g/mol. The zero-order valence-electron chi connectivity index (χ0n) is 8.68. The number of hydrogen-bond acceptors (Lipinski definition) is 1. The molecule has 0 aromatic heterocycles. The lowest BCUT2D eigenvalue weighted by Crippen LogP contribution is -2.33. The van der Waals surface area contributed by atoms with Gasteiger partial charge in [-0.15, -0.1) is 0 Å². The van der Waals surface area contributed by atoms with Gasteiger partial charge in [-0.1, -0.05) is 19.9 Å². The molecule has 0 amide bonds. The molecule has 76 valence electrons. The van der Waals surface area contributed by atoms with Gasteiger partial charge in [0.05, 0.1) is 0 Å². The Balaban J connectivity index is 2.40. The van der Waals surface area contributed by atoms with Crippen molar-refractivity contribution in [2.45, 2.75) is 26.3 Å². The van der Waals surface area contributed by atoms with Crippen LogP contribution in [0.5, 0.6) is 0 Å². The third-order valence-corrected chi connectivity index (χ3v) is 2.87. The van der Waals surface area contributed by atoms with E-state index in [-0.39, 0.29) is 5.82 Å². The molecule has 0 aliphatic carbocycles. The first-order valence-corrected chi connectivity index (χ1v) is 5.20. The molecule has 1 aromatic carbocycles. The third kappa shape index (κ3) is 1.67. The first-order chi connectivity index (χ1) is 6.68. The molecule has 0 saturated carbocycles. The molecule has 1 heterocycles. The van der Waals surface area contributed by atoms with Crippen LogP contribution < -0.4 is 5.32 Å². The van der Waals surface area contributed by atoms with Crippen LogP contribution in [0.4, 0.5) is 4.39 Å². The summed E-state index contributed by atoms with van der Waals surface area (Å²) in [5.41, 5.74) is 2.44. The highest BCUT2D eigenvalue weighted by Gasteiger charge is 2.22. The Kier molecular flexibility index (Phi) is 2.55. The molecule has 2 heteroatoms. The number of benzene rings is 1. The second kappa shape index (κ2) is 3.70. The van der Waals surface area contributed by atoms with Crippen LogP contribution in [0.15, 0.2) is 18.2 Å². The van der Waals surface area contributed by atoms with E-state index < -0.39 is 0 Å². The fourth-order valence-electron chi connectivity index (χ4n) is 2.16. The van der Waals surface area contributed by atoms with E-state index in [0.717, 1.165) is 13.0 Å². The van der Waals surface area contributed by atoms with Crippen LogP contribution in [0.25, 0.3) is 0 Å². The van der Waals surface area contributed by atoms with Gasteiger partial charge < -0.3 is 5.32 Å². The molecule has 0 bridgehead atoms. The quantitative estimate of drug-likeness (QED) is 0.723. The van der Waals surface area contributed by atoms with E-state index in [1.807, 2.05) is 6.07 Å². The van der Waals surface area contributed by atoms with Crippen molar-refractivity contribution in [2.75, 3.05) is 6.54 Å². The largest absolute Gasteiger partial charge is 0.309 e. The van der Waals surface area contributed by atoms with Gasteiger partial charge in [0.25, 0.3) is 0 Å². The minimum atomic E-state index is -0.117. The third-order valence-electron chi connectivity index (χ3n) is 2.87. The van der Waals surface area contributed by atoms with Crippen LogP contribution in [-0.4, -0.2) is 6.54 Å². The summed E-state index contributed by atoms with van der Waals surface area (Å²) in [5.74, 6) is 0.438. The average molecular weight is 193 g/mol. The van der Waals surface area contributed by atoms with Gasteiger partial charge in [0.15, 0.2) is 0 Å². The molecule has 1 N–H and O–H groups in total. The van der Waals surface area contributed by atoms with E-state index in [1.165, 1.54) is 11.1 Å². The highest BCUT2D eigenvalue weighted by atomic mass is 19.1. The Morgan fingerprint density at radius 1 is 1.43 bits per heavy atom. The van der Waals surface area contributed by atoms with Gasteiger partial charge in [-0.05, 0) is 42.1 Å². The predicted molar refractivity (Wildman–Crippen MR) is 55.7 cm³/mol. The lowest BCUT2D eigenvalue weighted by Gasteiger charge is -2.29. The van der Waals surface area contributed by atoms with Crippen LogP contribution in [-0.2, 0) is 6.42 Å². The Morgan fingerprint density at radius 2 is 2.21 bits per heavy atom. The molecule has 0 spiro atoms. The van der Waals surface area contributed by atoms with Gasteiger partial charge in [0.2, 0.25) is 0 Å². The van der Waals surface area contributed by atoms with E-state index in [4.69, 9.17) is 0 Å². The van der Waals surface area contributed by atoms with Crippen molar-refractivity contribution >= 4 is 0 Å². The Bertz CT molecular complexity index is 333. The van der Waals surface area contributed by atoms with Gasteiger partial charge >= 0.3 is 0 Å². The fraction of sp³-hybridized carbons (Fsp3) is 0.500. The molecule has 1 aliphatic rings. The summed E-state index contributed by atoms with van der Waals surface area (Å²) in [6.45, 7) is 5.34. The zero-order valence-corrected chi connectivity index (χ0v) is 8.68. The Morgan fingerprint density at radius 3 is 2.93 bits per heavy atom. The van der Waals surface area contributed by atoms with Gasteiger partial charge in [-0.25, -0.2) is 4.39 Å². The number of nitrogens with one attached hydrogen (secondary N) is 1. The second-order valence-corrected chi connectivity index (χ2v) is 4.27. The molecule has 1 atom stereocenters. The molecule has 1 aromatic rings. The number of rotatable bonds is 1. The lowest BCUT2D eigenvalue weighted by molar-refractivity contribution is 0.394. The Hall–Kier alpha value is -0.890. The van der Waals surface area contributed by atoms with E-state index in [9.17, 15) is 4.39 Å². The maximum atomic E-state index is 13.0. The first kappa shape index (κ1) is 9.66. The van der Waals surface area contributed by atoms with Crippen molar-refractivity contribution in [2.24, 2.45) is 5.92 Å². The zero-order chi connectivity index (χ0) is 10.1. The summed E-state index contributed by atoms with van der Waals surface area (Å²) in [6.07, 6.45) is 0.941. The van der Waals surface area contributed by atoms with E-state index in [2.05, 4.69) is 19.2 Å². The molecule has 1 nitrogen and oxygen atoms in total. The van der Waals surface area contributed by atoms with E-state index in [0.29, 0.717) is 12.0 Å². The van der Waals surface area contributed by atoms with Crippen molar-refractivity contribution in [1.29, 1.82) is 0 Å². The van der Waals surface area contributed by atoms with Gasteiger partial charge in [0, 0.05) is 6.04 Å². The van der Waals surface area contributed by atoms with Crippen molar-refractivity contribution < 1.29 is 4.39 Å². The number of halogens is 1. The van der Waals surface area contributed by atoms with Crippen LogP contribution in [0.2, 0.25) is 0 Å². The minimum Gasteiger partial charge on any atom is -0.309 e. The highest BCUT2D eigenvalue weighted by Crippen LogP contribution is 2.28. The SMILES string of the molecule is CC(C)C1NCCc2cc(F)ccc21. The van der Waals surface area contributed by atoms with Crippen molar-refractivity contribution in [3.63, 3.8) is 0 Å². The van der Waals surface area contributed by atoms with Gasteiger partial charge in [-0.2, -0.15) is 0 Å². The molecule has 1 aliphatic heterocycles. The lowest BCUT2D eigenvalue weighted by atomic mass is 9.88. The predicted octanol–water partition coefficient (Wildman–Crippen LogP) is 2.67. The number of fused-ring (bicyclic) bond motifs is 1. The molecule has 1 unspecified atom stereocenters. The first-order valence-electron chi connectivity index (χ1n) is 5.20. The van der Waals surface area contributed by atoms with Crippen LogP contribution in [0, 0.1) is 11.7 Å². The summed E-state index contributed by atoms with van der Waals surface area (Å²) in [6, 6.07) is 5.54. The van der Waals surface area contributed by atoms with Crippen LogP contribution >= 0.6 is 0 Å². The highest BCUT2D eigenvalue weighted by molar-refractivity contribution is 5.33. The molecule has 0 fully saturated rings. The summed E-state index contributed by atoms with van der Waals surface area (Å²) in [7, 11) is 0. The summed E-state index contributed by atoms with van der Waals surface area (Å²) in [4.78, 5) is 0. The molecule has 14 heavy (non-hydrogen) atoms. The average Bonchev–Trinajstić information content (AvgIpc) is 2.16. The molecule has 0 saturated heterocycles. The van der Waals surface area contributed by atoms with Crippen LogP contribution in [0.1, 0.15) is 31.0 Å². The summed E-state index contributed by atoms with van der Waals surface area (Å²) < 4.78 is 13.0. The van der Waals surface area contributed by atoms with Gasteiger partial charge in [-0.3, -0.25) is 0 Å². The smallest absolute Gasteiger partial charge is 0.123 e. The normalized spacial score (nSPS) is 21.0. The van der Waals surface area contributed by atoms with Crippen molar-refractivity contribution in [1.82, 2.24) is 5.32 Å². The molecular weight excluding hydrogens is 177 g/mol. The molecule has 2 rings (SSSR count). The molecular formula is C12H16FN. The maximum Gasteiger partial charge on any atom is 0.123 e. The van der Waals surface area contributed by atoms with E-state index >= 15 is 0 Å². The minimum absolute atomic E-state index is 0.117. The second-order valence-electron chi connectivity index (χ2n) is 4.27. The molecule has 0 radical (unpaired) electrons. The van der Waals surface area contributed by atoms with Crippen molar-refractivity contribution in [3.8, 4) is 0 Å². The Labute approximate surface area is 84.3 Å². The fourth-order valence-corrected chi connectivity index (χ4v) is 2.16. The topological polar surface area (TPSA) is 12.0 Å². The maximum absolute atomic E-state index is 13.0. The number of hydrogen-bond donors (Lipinski definition) is 1. The standard InChI is InChI=1S/C12H16FN/c1-8(2)12-11-4-3-10(13)7-9(11)5-6-14-12/h3-4,7-8,12,14H,5-6H2,1-2H3. The van der Waals surface area contributed by atoms with Crippen LogP contribution in [0.3, 0.4) is 0 Å². The van der Waals surface area contributed by atoms with Crippen molar-refractivity contribution in [3.05, 3.63) is 35.1 Å². The summed E-state index contributed by atoms with van der Waals surface area (Å²) >= 11 is 0. The van der Waals surface area contributed by atoms with Gasteiger partial charge in [0.1, 0.15) is 5.82 Å².